The molecule has 0 spiro atoms. The molecule has 0 aliphatic carbocycles. The van der Waals surface area contributed by atoms with E-state index in [0.29, 0.717) is 21.1 Å². The SMILES string of the molecule is O=C1CN(C(=O)N2C(c3nc4ccccc4s3)=NC(c3ccc(Cl)cc3)C2c2cccc(C(F)(F)F)c2)CCN1. The molecule has 3 heterocycles. The molecule has 12 heteroatoms. The Kier molecular flexibility index (Phi) is 6.71. The first kappa shape index (κ1) is 26.3. The van der Waals surface area contributed by atoms with E-state index in [4.69, 9.17) is 21.6 Å². The first-order valence-corrected chi connectivity index (χ1v) is 13.6. The molecular formula is C28H21ClF3N5O2S. The number of thiazole rings is 1. The van der Waals surface area contributed by atoms with Crippen molar-refractivity contribution in [2.45, 2.75) is 18.3 Å². The van der Waals surface area contributed by atoms with Crippen molar-refractivity contribution in [1.82, 2.24) is 20.1 Å². The highest BCUT2D eigenvalue weighted by molar-refractivity contribution is 7.20. The number of hydrogen-bond acceptors (Lipinski definition) is 5. The van der Waals surface area contributed by atoms with Gasteiger partial charge in [-0.05, 0) is 47.5 Å². The molecule has 6 rings (SSSR count). The van der Waals surface area contributed by atoms with Crippen LogP contribution >= 0.6 is 22.9 Å². The van der Waals surface area contributed by atoms with Crippen LogP contribution in [-0.4, -0.2) is 52.2 Å². The number of amidine groups is 1. The van der Waals surface area contributed by atoms with Crippen LogP contribution < -0.4 is 5.32 Å². The number of nitrogens with zero attached hydrogens (tertiary/aromatic N) is 4. The van der Waals surface area contributed by atoms with Crippen molar-refractivity contribution in [2.24, 2.45) is 4.99 Å². The Bertz CT molecular complexity index is 1610. The van der Waals surface area contributed by atoms with E-state index < -0.39 is 29.9 Å². The Labute approximate surface area is 235 Å². The molecule has 3 amide bonds. The summed E-state index contributed by atoms with van der Waals surface area (Å²) >= 11 is 7.46. The number of alkyl halides is 3. The summed E-state index contributed by atoms with van der Waals surface area (Å²) in [5, 5.41) is 3.63. The summed E-state index contributed by atoms with van der Waals surface area (Å²) in [7, 11) is 0. The van der Waals surface area contributed by atoms with E-state index in [9.17, 15) is 22.8 Å². The van der Waals surface area contributed by atoms with E-state index in [1.54, 1.807) is 30.3 Å². The average Bonchev–Trinajstić information content (AvgIpc) is 3.55. The molecule has 0 radical (unpaired) electrons. The lowest BCUT2D eigenvalue weighted by Crippen LogP contribution is -2.55. The van der Waals surface area contributed by atoms with Gasteiger partial charge in [0.2, 0.25) is 5.91 Å². The van der Waals surface area contributed by atoms with Crippen LogP contribution in [0, 0.1) is 0 Å². The number of benzene rings is 3. The third kappa shape index (κ3) is 4.90. The van der Waals surface area contributed by atoms with Gasteiger partial charge in [-0.2, -0.15) is 13.2 Å². The predicted molar refractivity (Wildman–Crippen MR) is 146 cm³/mol. The number of para-hydroxylation sites is 1. The molecule has 2 atom stereocenters. The smallest absolute Gasteiger partial charge is 0.353 e. The molecule has 40 heavy (non-hydrogen) atoms. The molecule has 1 fully saturated rings. The zero-order valence-electron chi connectivity index (χ0n) is 20.7. The lowest BCUT2D eigenvalue weighted by atomic mass is 9.92. The van der Waals surface area contributed by atoms with Crippen molar-refractivity contribution >= 4 is 50.9 Å². The molecule has 7 nitrogen and oxygen atoms in total. The first-order valence-electron chi connectivity index (χ1n) is 12.4. The van der Waals surface area contributed by atoms with Crippen LogP contribution in [0.5, 0.6) is 0 Å². The Balaban J connectivity index is 1.54. The van der Waals surface area contributed by atoms with Gasteiger partial charge in [0.25, 0.3) is 0 Å². The zero-order chi connectivity index (χ0) is 28.0. The highest BCUT2D eigenvalue weighted by atomic mass is 35.5. The van der Waals surface area contributed by atoms with Crippen LogP contribution in [0.4, 0.5) is 18.0 Å². The Hall–Kier alpha value is -3.96. The second kappa shape index (κ2) is 10.2. The third-order valence-electron chi connectivity index (χ3n) is 6.83. The van der Waals surface area contributed by atoms with Gasteiger partial charge in [0, 0.05) is 18.1 Å². The van der Waals surface area contributed by atoms with Gasteiger partial charge in [-0.15, -0.1) is 11.3 Å². The molecule has 0 bridgehead atoms. The van der Waals surface area contributed by atoms with Crippen LogP contribution in [-0.2, 0) is 11.0 Å². The van der Waals surface area contributed by atoms with Crippen molar-refractivity contribution in [2.75, 3.05) is 19.6 Å². The summed E-state index contributed by atoms with van der Waals surface area (Å²) in [5.41, 5.74) is 0.792. The van der Waals surface area contributed by atoms with Crippen LogP contribution in [0.3, 0.4) is 0 Å². The fourth-order valence-electron chi connectivity index (χ4n) is 4.97. The number of amides is 3. The first-order chi connectivity index (χ1) is 19.2. The molecule has 1 N–H and O–H groups in total. The number of urea groups is 1. The van der Waals surface area contributed by atoms with E-state index >= 15 is 0 Å². The van der Waals surface area contributed by atoms with Gasteiger partial charge in [0.1, 0.15) is 12.6 Å². The van der Waals surface area contributed by atoms with Crippen LogP contribution in [0.15, 0.2) is 77.8 Å². The molecule has 2 aliphatic rings. The fourth-order valence-corrected chi connectivity index (χ4v) is 6.06. The van der Waals surface area contributed by atoms with E-state index in [-0.39, 0.29) is 36.9 Å². The topological polar surface area (TPSA) is 77.9 Å². The lowest BCUT2D eigenvalue weighted by Gasteiger charge is -2.35. The fraction of sp³-hybridized carbons (Fsp3) is 0.214. The van der Waals surface area contributed by atoms with Crippen LogP contribution in [0.1, 0.15) is 33.8 Å². The summed E-state index contributed by atoms with van der Waals surface area (Å²) in [4.78, 5) is 38.8. The van der Waals surface area contributed by atoms with E-state index in [0.717, 1.165) is 16.8 Å². The van der Waals surface area contributed by atoms with E-state index in [2.05, 4.69) is 5.32 Å². The zero-order valence-corrected chi connectivity index (χ0v) is 22.3. The maximum absolute atomic E-state index is 14.2. The maximum atomic E-state index is 14.2. The summed E-state index contributed by atoms with van der Waals surface area (Å²) in [6.07, 6.45) is -4.58. The molecule has 2 unspecified atom stereocenters. The van der Waals surface area contributed by atoms with Crippen molar-refractivity contribution in [1.29, 1.82) is 0 Å². The average molecular weight is 584 g/mol. The van der Waals surface area contributed by atoms with Crippen molar-refractivity contribution in [3.8, 4) is 0 Å². The summed E-state index contributed by atoms with van der Waals surface area (Å²) in [5.74, 6) is -0.0818. The number of piperazine rings is 1. The normalized spacial score (nSPS) is 19.6. The molecule has 0 saturated carbocycles. The quantitative estimate of drug-likeness (QED) is 0.318. The maximum Gasteiger partial charge on any atom is 0.416 e. The number of rotatable bonds is 3. The van der Waals surface area contributed by atoms with Gasteiger partial charge in [0.15, 0.2) is 10.8 Å². The molecule has 4 aromatic rings. The molecule has 1 aromatic heterocycles. The second-order valence-corrected chi connectivity index (χ2v) is 10.9. The predicted octanol–water partition coefficient (Wildman–Crippen LogP) is 6.07. The molecule has 2 aliphatic heterocycles. The van der Waals surface area contributed by atoms with Crippen molar-refractivity contribution in [3.05, 3.63) is 99.5 Å². The minimum atomic E-state index is -4.58. The third-order valence-corrected chi connectivity index (χ3v) is 8.12. The molecule has 204 valence electrons. The monoisotopic (exact) mass is 583 g/mol. The highest BCUT2D eigenvalue weighted by Gasteiger charge is 2.46. The van der Waals surface area contributed by atoms with Crippen molar-refractivity contribution in [3.63, 3.8) is 0 Å². The van der Waals surface area contributed by atoms with E-state index in [1.807, 2.05) is 24.3 Å². The summed E-state index contributed by atoms with van der Waals surface area (Å²) < 4.78 is 42.2. The largest absolute Gasteiger partial charge is 0.416 e. The highest BCUT2D eigenvalue weighted by Crippen LogP contribution is 2.46. The Morgan fingerprint density at radius 3 is 2.52 bits per heavy atom. The van der Waals surface area contributed by atoms with E-state index in [1.165, 1.54) is 27.2 Å². The standard InChI is InChI=1S/C28H21ClF3N5O2S/c29-19-10-8-16(9-11-19)23-24(17-4-3-5-18(14-17)28(30,31)32)37(27(39)36-13-12-33-22(38)15-36)25(35-23)26-34-20-6-1-2-7-21(20)40-26/h1-11,14,23-24H,12-13,15H2,(H,33,38). The number of nitrogens with one attached hydrogen (secondary N) is 1. The summed E-state index contributed by atoms with van der Waals surface area (Å²) in [6, 6.07) is 17.0. The van der Waals surface area contributed by atoms with Crippen LogP contribution in [0.25, 0.3) is 10.2 Å². The molecule has 1 saturated heterocycles. The number of aliphatic imine (C=N–C) groups is 1. The number of halogens is 4. The molecule has 3 aromatic carbocycles. The lowest BCUT2D eigenvalue weighted by molar-refractivity contribution is -0.137. The van der Waals surface area contributed by atoms with Crippen LogP contribution in [0.2, 0.25) is 5.02 Å². The van der Waals surface area contributed by atoms with Gasteiger partial charge in [0.05, 0.1) is 21.8 Å². The van der Waals surface area contributed by atoms with Gasteiger partial charge in [-0.3, -0.25) is 14.7 Å². The minimum Gasteiger partial charge on any atom is -0.353 e. The van der Waals surface area contributed by atoms with Gasteiger partial charge in [-0.25, -0.2) is 9.78 Å². The van der Waals surface area contributed by atoms with Gasteiger partial charge in [-0.1, -0.05) is 48.0 Å². The Morgan fingerprint density at radius 2 is 1.80 bits per heavy atom. The number of aromatic nitrogens is 1. The number of carbonyl (C=O) groups is 2. The number of carbonyl (C=O) groups excluding carboxylic acids is 2. The number of hydrogen-bond donors (Lipinski definition) is 1. The van der Waals surface area contributed by atoms with Crippen molar-refractivity contribution < 1.29 is 22.8 Å². The number of fused-ring (bicyclic) bond motifs is 1. The molecular weight excluding hydrogens is 563 g/mol. The Morgan fingerprint density at radius 1 is 1.02 bits per heavy atom. The van der Waals surface area contributed by atoms with Gasteiger partial charge >= 0.3 is 12.2 Å². The van der Waals surface area contributed by atoms with Gasteiger partial charge < -0.3 is 10.2 Å². The second-order valence-electron chi connectivity index (χ2n) is 9.43. The minimum absolute atomic E-state index is 0.177. The summed E-state index contributed by atoms with van der Waals surface area (Å²) in [6.45, 7) is 0.333.